The van der Waals surface area contributed by atoms with Crippen LogP contribution in [0.25, 0.3) is 9.88 Å². The minimum atomic E-state index is -0.163. The molecule has 4 nitrogen and oxygen atoms in total. The molecule has 0 aliphatic rings. The van der Waals surface area contributed by atoms with Crippen molar-refractivity contribution in [1.29, 1.82) is 0 Å². The Morgan fingerprint density at radius 1 is 1.14 bits per heavy atom. The summed E-state index contributed by atoms with van der Waals surface area (Å²) < 4.78 is 0. The molecule has 0 fully saturated rings. The lowest BCUT2D eigenvalue weighted by molar-refractivity contribution is 0.102. The lowest BCUT2D eigenvalue weighted by Crippen LogP contribution is -2.11. The number of amides is 1. The molecule has 0 bridgehead atoms. The van der Waals surface area contributed by atoms with Gasteiger partial charge < -0.3 is 0 Å². The Morgan fingerprint density at radius 2 is 1.91 bits per heavy atom. The molecule has 0 spiro atoms. The Hall–Kier alpha value is -2.05. The summed E-state index contributed by atoms with van der Waals surface area (Å²) >= 11 is 2.98. The minimum Gasteiger partial charge on any atom is -0.296 e. The van der Waals surface area contributed by atoms with Crippen molar-refractivity contribution in [3.8, 4) is 9.88 Å². The zero-order valence-corrected chi connectivity index (χ0v) is 13.9. The van der Waals surface area contributed by atoms with E-state index >= 15 is 0 Å². The summed E-state index contributed by atoms with van der Waals surface area (Å²) in [6, 6.07) is 11.6. The zero-order valence-electron chi connectivity index (χ0n) is 12.2. The fraction of sp³-hybridized carbons (Fsp3) is 0.188. The van der Waals surface area contributed by atoms with E-state index in [0.29, 0.717) is 16.6 Å². The van der Waals surface area contributed by atoms with E-state index in [9.17, 15) is 4.79 Å². The molecule has 0 radical (unpaired) electrons. The molecule has 0 saturated heterocycles. The summed E-state index contributed by atoms with van der Waals surface area (Å²) in [6.45, 7) is 4.25. The van der Waals surface area contributed by atoms with Crippen LogP contribution in [0.5, 0.6) is 0 Å². The fourth-order valence-corrected chi connectivity index (χ4v) is 3.49. The molecule has 0 unspecified atom stereocenters. The number of nitrogens with zero attached hydrogens (tertiary/aromatic N) is 2. The Bertz CT molecular complexity index is 761. The van der Waals surface area contributed by atoms with Gasteiger partial charge in [0.1, 0.15) is 0 Å². The van der Waals surface area contributed by atoms with Crippen molar-refractivity contribution in [3.05, 3.63) is 52.9 Å². The maximum Gasteiger partial charge on any atom is 0.257 e. The van der Waals surface area contributed by atoms with Gasteiger partial charge in [-0.1, -0.05) is 43.4 Å². The lowest BCUT2D eigenvalue weighted by Gasteiger charge is -2.06. The second kappa shape index (κ2) is 6.37. The number of carbonyl (C=O) groups is 1. The van der Waals surface area contributed by atoms with Gasteiger partial charge in [0.25, 0.3) is 5.91 Å². The topological polar surface area (TPSA) is 54.9 Å². The second-order valence-corrected chi connectivity index (χ2v) is 7.05. The summed E-state index contributed by atoms with van der Waals surface area (Å²) in [5.74, 6) is 0.290. The monoisotopic (exact) mass is 329 g/mol. The second-order valence-electron chi connectivity index (χ2n) is 5.12. The average molecular weight is 329 g/mol. The highest BCUT2D eigenvalue weighted by Gasteiger charge is 2.12. The minimum absolute atomic E-state index is 0.163. The van der Waals surface area contributed by atoms with Gasteiger partial charge in [-0.15, -0.1) is 21.5 Å². The standard InChI is InChI=1S/C16H15N3OS2/c1-10(2)11-5-7-12(8-6-11)14(20)17-16-19-18-15(22-16)13-4-3-9-21-13/h3-10H,1-2H3,(H,17,19,20). The highest BCUT2D eigenvalue weighted by atomic mass is 32.1. The molecule has 6 heteroatoms. The van der Waals surface area contributed by atoms with E-state index in [4.69, 9.17) is 0 Å². The quantitative estimate of drug-likeness (QED) is 0.758. The Labute approximate surface area is 136 Å². The molecule has 0 aliphatic heterocycles. The molecule has 1 aromatic carbocycles. The van der Waals surface area contributed by atoms with Crippen LogP contribution in [0.2, 0.25) is 0 Å². The first-order valence-corrected chi connectivity index (χ1v) is 8.62. The van der Waals surface area contributed by atoms with Crippen molar-refractivity contribution in [2.24, 2.45) is 0 Å². The first-order valence-electron chi connectivity index (χ1n) is 6.92. The molecule has 2 heterocycles. The SMILES string of the molecule is CC(C)c1ccc(C(=O)Nc2nnc(-c3cccs3)s2)cc1. The van der Waals surface area contributed by atoms with Crippen LogP contribution in [0.15, 0.2) is 41.8 Å². The Morgan fingerprint density at radius 3 is 2.55 bits per heavy atom. The van der Waals surface area contributed by atoms with Gasteiger partial charge in [0, 0.05) is 5.56 Å². The van der Waals surface area contributed by atoms with Gasteiger partial charge in [-0.3, -0.25) is 10.1 Å². The van der Waals surface area contributed by atoms with Crippen LogP contribution in [-0.4, -0.2) is 16.1 Å². The van der Waals surface area contributed by atoms with Gasteiger partial charge in [-0.2, -0.15) is 0 Å². The van der Waals surface area contributed by atoms with Crippen LogP contribution in [0.1, 0.15) is 35.7 Å². The molecule has 112 valence electrons. The maximum atomic E-state index is 12.2. The van der Waals surface area contributed by atoms with Crippen LogP contribution < -0.4 is 5.32 Å². The first-order chi connectivity index (χ1) is 10.6. The fourth-order valence-electron chi connectivity index (χ4n) is 1.96. The van der Waals surface area contributed by atoms with E-state index in [-0.39, 0.29) is 5.91 Å². The molecule has 0 aliphatic carbocycles. The number of hydrogen-bond donors (Lipinski definition) is 1. The normalized spacial score (nSPS) is 10.9. The maximum absolute atomic E-state index is 12.2. The lowest BCUT2D eigenvalue weighted by atomic mass is 10.0. The molecule has 2 aromatic heterocycles. The van der Waals surface area contributed by atoms with Crippen molar-refractivity contribution < 1.29 is 4.79 Å². The van der Waals surface area contributed by atoms with Gasteiger partial charge in [0.05, 0.1) is 4.88 Å². The van der Waals surface area contributed by atoms with Crippen LogP contribution >= 0.6 is 22.7 Å². The number of benzene rings is 1. The van der Waals surface area contributed by atoms with Crippen molar-refractivity contribution in [3.63, 3.8) is 0 Å². The van der Waals surface area contributed by atoms with Gasteiger partial charge in [-0.25, -0.2) is 0 Å². The Balaban J connectivity index is 1.71. The van der Waals surface area contributed by atoms with E-state index in [0.717, 1.165) is 9.88 Å². The van der Waals surface area contributed by atoms with Gasteiger partial charge in [-0.05, 0) is 35.1 Å². The number of thiophene rings is 1. The predicted molar refractivity (Wildman–Crippen MR) is 91.7 cm³/mol. The van der Waals surface area contributed by atoms with Crippen molar-refractivity contribution in [2.45, 2.75) is 19.8 Å². The van der Waals surface area contributed by atoms with Crippen LogP contribution in [-0.2, 0) is 0 Å². The van der Waals surface area contributed by atoms with Crippen LogP contribution in [0.3, 0.4) is 0 Å². The third-order valence-electron chi connectivity index (χ3n) is 3.22. The molecule has 22 heavy (non-hydrogen) atoms. The number of nitrogens with one attached hydrogen (secondary N) is 1. The summed E-state index contributed by atoms with van der Waals surface area (Å²) in [7, 11) is 0. The summed E-state index contributed by atoms with van der Waals surface area (Å²) in [4.78, 5) is 13.3. The number of anilines is 1. The predicted octanol–water partition coefficient (Wildman–Crippen LogP) is 4.64. The molecule has 0 atom stereocenters. The van der Waals surface area contributed by atoms with E-state index in [1.54, 1.807) is 11.3 Å². The Kier molecular flexibility index (Phi) is 4.31. The van der Waals surface area contributed by atoms with Crippen LogP contribution in [0.4, 0.5) is 5.13 Å². The summed E-state index contributed by atoms with van der Waals surface area (Å²) in [6.07, 6.45) is 0. The van der Waals surface area contributed by atoms with Crippen molar-refractivity contribution >= 4 is 33.7 Å². The van der Waals surface area contributed by atoms with E-state index in [1.165, 1.54) is 16.9 Å². The van der Waals surface area contributed by atoms with Gasteiger partial charge >= 0.3 is 0 Å². The molecular weight excluding hydrogens is 314 g/mol. The number of rotatable bonds is 4. The highest BCUT2D eigenvalue weighted by Crippen LogP contribution is 2.29. The van der Waals surface area contributed by atoms with Gasteiger partial charge in [0.15, 0.2) is 5.01 Å². The smallest absolute Gasteiger partial charge is 0.257 e. The van der Waals surface area contributed by atoms with Crippen molar-refractivity contribution in [1.82, 2.24) is 10.2 Å². The van der Waals surface area contributed by atoms with Gasteiger partial charge in [0.2, 0.25) is 5.13 Å². The molecular formula is C16H15N3OS2. The largest absolute Gasteiger partial charge is 0.296 e. The van der Waals surface area contributed by atoms with E-state index in [2.05, 4.69) is 29.4 Å². The van der Waals surface area contributed by atoms with E-state index in [1.807, 2.05) is 41.8 Å². The molecule has 1 amide bonds. The molecule has 3 rings (SSSR count). The third-order valence-corrected chi connectivity index (χ3v) is 5.09. The number of carbonyl (C=O) groups excluding carboxylic acids is 1. The number of aromatic nitrogens is 2. The number of hydrogen-bond acceptors (Lipinski definition) is 5. The van der Waals surface area contributed by atoms with Crippen molar-refractivity contribution in [2.75, 3.05) is 5.32 Å². The molecule has 0 saturated carbocycles. The van der Waals surface area contributed by atoms with E-state index < -0.39 is 0 Å². The van der Waals surface area contributed by atoms with Crippen LogP contribution in [0, 0.1) is 0 Å². The highest BCUT2D eigenvalue weighted by molar-refractivity contribution is 7.23. The summed E-state index contributed by atoms with van der Waals surface area (Å²) in [5.41, 5.74) is 1.84. The molecule has 3 aromatic rings. The average Bonchev–Trinajstić information content (AvgIpc) is 3.18. The third kappa shape index (κ3) is 3.23. The molecule has 1 N–H and O–H groups in total. The summed E-state index contributed by atoms with van der Waals surface area (Å²) in [5, 5.41) is 14.3. The zero-order chi connectivity index (χ0) is 15.5. The first kappa shape index (κ1) is 14.9.